The average Bonchev–Trinajstić information content (AvgIpc) is 3.43. The van der Waals surface area contributed by atoms with E-state index in [-0.39, 0.29) is 11.5 Å². The van der Waals surface area contributed by atoms with Crippen LogP contribution in [0.4, 0.5) is 20.3 Å². The molecule has 4 heterocycles. The first kappa shape index (κ1) is 18.8. The SMILES string of the molecule is CC(=O)N1CCc2[nH]nc(N3CCc4cc(-c5cnn(C)c5)c(C(F)F)cc43)c2C1. The number of aromatic amines is 1. The van der Waals surface area contributed by atoms with Crippen molar-refractivity contribution in [3.8, 4) is 11.1 Å². The number of rotatable bonds is 3. The number of hydrogen-bond donors (Lipinski definition) is 1. The van der Waals surface area contributed by atoms with Crippen molar-refractivity contribution in [3.63, 3.8) is 0 Å². The number of halogens is 2. The van der Waals surface area contributed by atoms with Crippen LogP contribution >= 0.6 is 0 Å². The summed E-state index contributed by atoms with van der Waals surface area (Å²) in [6.45, 7) is 3.36. The number of benzene rings is 1. The Morgan fingerprint density at radius 3 is 2.77 bits per heavy atom. The lowest BCUT2D eigenvalue weighted by atomic mass is 9.98. The lowest BCUT2D eigenvalue weighted by Gasteiger charge is -2.27. The lowest BCUT2D eigenvalue weighted by molar-refractivity contribution is -0.129. The monoisotopic (exact) mass is 412 g/mol. The maximum Gasteiger partial charge on any atom is 0.264 e. The smallest absolute Gasteiger partial charge is 0.264 e. The van der Waals surface area contributed by atoms with Gasteiger partial charge in [0.25, 0.3) is 6.43 Å². The molecule has 3 aromatic rings. The van der Waals surface area contributed by atoms with Crippen LogP contribution in [0.2, 0.25) is 0 Å². The predicted octanol–water partition coefficient (Wildman–Crippen LogP) is 3.35. The molecule has 1 N–H and O–H groups in total. The van der Waals surface area contributed by atoms with Gasteiger partial charge < -0.3 is 9.80 Å². The van der Waals surface area contributed by atoms with Crippen LogP contribution < -0.4 is 4.90 Å². The molecule has 1 amide bonds. The largest absolute Gasteiger partial charge is 0.338 e. The molecule has 2 aromatic heterocycles. The van der Waals surface area contributed by atoms with Crippen LogP contribution in [0.1, 0.15) is 35.7 Å². The number of alkyl halides is 2. The highest BCUT2D eigenvalue weighted by Gasteiger charge is 2.31. The zero-order chi connectivity index (χ0) is 21.0. The van der Waals surface area contributed by atoms with Gasteiger partial charge in [-0.1, -0.05) is 0 Å². The minimum Gasteiger partial charge on any atom is -0.338 e. The fourth-order valence-corrected chi connectivity index (χ4v) is 4.44. The predicted molar refractivity (Wildman–Crippen MR) is 108 cm³/mol. The summed E-state index contributed by atoms with van der Waals surface area (Å²) in [6.07, 6.45) is 2.21. The van der Waals surface area contributed by atoms with Gasteiger partial charge in [-0.3, -0.25) is 14.6 Å². The van der Waals surface area contributed by atoms with Gasteiger partial charge in [0.15, 0.2) is 5.82 Å². The van der Waals surface area contributed by atoms with Gasteiger partial charge in [-0.15, -0.1) is 0 Å². The fourth-order valence-electron chi connectivity index (χ4n) is 4.44. The topological polar surface area (TPSA) is 70.1 Å². The molecule has 2 aliphatic rings. The van der Waals surface area contributed by atoms with Gasteiger partial charge >= 0.3 is 0 Å². The van der Waals surface area contributed by atoms with Crippen molar-refractivity contribution in [1.29, 1.82) is 0 Å². The standard InChI is InChI=1S/C21H22F2N6O/c1-12(30)28-5-4-18-17(11-28)21(26-25-18)29-6-3-13-7-15(14-9-24-27(2)10-14)16(20(22)23)8-19(13)29/h7-10,20H,3-6,11H2,1-2H3,(H,25,26). The van der Waals surface area contributed by atoms with E-state index in [4.69, 9.17) is 0 Å². The highest BCUT2D eigenvalue weighted by atomic mass is 19.3. The van der Waals surface area contributed by atoms with Crippen molar-refractivity contribution < 1.29 is 13.6 Å². The molecule has 7 nitrogen and oxygen atoms in total. The molecule has 2 aliphatic heterocycles. The van der Waals surface area contributed by atoms with Gasteiger partial charge in [-0.2, -0.15) is 10.2 Å². The van der Waals surface area contributed by atoms with Crippen molar-refractivity contribution in [2.45, 2.75) is 32.7 Å². The van der Waals surface area contributed by atoms with E-state index in [9.17, 15) is 13.6 Å². The van der Waals surface area contributed by atoms with E-state index < -0.39 is 6.43 Å². The quantitative estimate of drug-likeness (QED) is 0.716. The highest BCUT2D eigenvalue weighted by molar-refractivity contribution is 5.78. The summed E-state index contributed by atoms with van der Waals surface area (Å²) >= 11 is 0. The molecular formula is C21H22F2N6O. The fraction of sp³-hybridized carbons (Fsp3) is 0.381. The van der Waals surface area contributed by atoms with Gasteiger partial charge in [-0.05, 0) is 29.7 Å². The number of aryl methyl sites for hydroxylation is 1. The summed E-state index contributed by atoms with van der Waals surface area (Å²) in [5.41, 5.74) is 4.94. The Bertz CT molecular complexity index is 1130. The molecule has 0 bridgehead atoms. The minimum absolute atomic E-state index is 0.0107. The van der Waals surface area contributed by atoms with E-state index in [1.165, 1.54) is 0 Å². The molecule has 0 fully saturated rings. The Kier molecular flexibility index (Phi) is 4.34. The van der Waals surface area contributed by atoms with Gasteiger partial charge in [-0.25, -0.2) is 8.78 Å². The summed E-state index contributed by atoms with van der Waals surface area (Å²) in [6, 6.07) is 3.44. The second-order valence-corrected chi connectivity index (χ2v) is 7.87. The van der Waals surface area contributed by atoms with Crippen LogP contribution in [0.5, 0.6) is 0 Å². The van der Waals surface area contributed by atoms with E-state index in [2.05, 4.69) is 15.3 Å². The number of fused-ring (bicyclic) bond motifs is 2. The number of amides is 1. The zero-order valence-electron chi connectivity index (χ0n) is 16.8. The van der Waals surface area contributed by atoms with Crippen LogP contribution in [0, 0.1) is 0 Å². The molecule has 5 rings (SSSR count). The zero-order valence-corrected chi connectivity index (χ0v) is 16.8. The number of carbonyl (C=O) groups excluding carboxylic acids is 1. The molecule has 0 saturated heterocycles. The molecule has 0 aliphatic carbocycles. The summed E-state index contributed by atoms with van der Waals surface area (Å²) in [5, 5.41) is 11.7. The van der Waals surface area contributed by atoms with Crippen LogP contribution in [-0.4, -0.2) is 43.9 Å². The summed E-state index contributed by atoms with van der Waals surface area (Å²) < 4.78 is 29.5. The third kappa shape index (κ3) is 2.96. The van der Waals surface area contributed by atoms with E-state index in [0.29, 0.717) is 37.2 Å². The number of carbonyl (C=O) groups is 1. The number of anilines is 2. The molecule has 0 spiro atoms. The van der Waals surface area contributed by atoms with Crippen LogP contribution in [0.25, 0.3) is 11.1 Å². The lowest BCUT2D eigenvalue weighted by Crippen LogP contribution is -2.34. The summed E-state index contributed by atoms with van der Waals surface area (Å²) in [4.78, 5) is 15.6. The second kappa shape index (κ2) is 6.93. The van der Waals surface area contributed by atoms with Crippen molar-refractivity contribution in [2.75, 3.05) is 18.0 Å². The van der Waals surface area contributed by atoms with Gasteiger partial charge in [0.2, 0.25) is 5.91 Å². The first-order chi connectivity index (χ1) is 14.4. The molecule has 0 atom stereocenters. The second-order valence-electron chi connectivity index (χ2n) is 7.87. The molecule has 1 aromatic carbocycles. The van der Waals surface area contributed by atoms with Crippen LogP contribution in [0.15, 0.2) is 24.5 Å². The molecular weight excluding hydrogens is 390 g/mol. The van der Waals surface area contributed by atoms with E-state index >= 15 is 0 Å². The normalized spacial score (nSPS) is 15.6. The van der Waals surface area contributed by atoms with Crippen molar-refractivity contribution in [2.24, 2.45) is 7.05 Å². The molecule has 9 heteroatoms. The molecule has 0 radical (unpaired) electrons. The molecule has 0 saturated carbocycles. The van der Waals surface area contributed by atoms with E-state index in [1.54, 1.807) is 42.0 Å². The first-order valence-electron chi connectivity index (χ1n) is 9.95. The maximum absolute atomic E-state index is 14.0. The number of aromatic nitrogens is 4. The van der Waals surface area contributed by atoms with Crippen molar-refractivity contribution in [1.82, 2.24) is 24.9 Å². The summed E-state index contributed by atoms with van der Waals surface area (Å²) in [7, 11) is 1.77. The Labute approximate surface area is 172 Å². The van der Waals surface area contributed by atoms with Crippen LogP contribution in [0.3, 0.4) is 0 Å². The highest BCUT2D eigenvalue weighted by Crippen LogP contribution is 2.43. The molecule has 156 valence electrons. The van der Waals surface area contributed by atoms with Gasteiger partial charge in [0.05, 0.1) is 12.7 Å². The van der Waals surface area contributed by atoms with Gasteiger partial charge in [0.1, 0.15) is 0 Å². The third-order valence-corrected chi connectivity index (χ3v) is 6.01. The third-order valence-electron chi connectivity index (χ3n) is 6.01. The number of nitrogens with one attached hydrogen (secondary N) is 1. The van der Waals surface area contributed by atoms with Crippen molar-refractivity contribution in [3.05, 3.63) is 46.9 Å². The van der Waals surface area contributed by atoms with Crippen LogP contribution in [-0.2, 0) is 31.2 Å². The molecule has 0 unspecified atom stereocenters. The first-order valence-corrected chi connectivity index (χ1v) is 9.95. The van der Waals surface area contributed by atoms with E-state index in [0.717, 1.165) is 34.7 Å². The number of hydrogen-bond acceptors (Lipinski definition) is 4. The average molecular weight is 412 g/mol. The Balaban J connectivity index is 1.57. The maximum atomic E-state index is 14.0. The number of nitrogens with zero attached hydrogens (tertiary/aromatic N) is 5. The Morgan fingerprint density at radius 1 is 1.23 bits per heavy atom. The number of H-pyrrole nitrogens is 1. The Hall–Kier alpha value is -3.23. The molecule has 30 heavy (non-hydrogen) atoms. The van der Waals surface area contributed by atoms with Crippen molar-refractivity contribution >= 4 is 17.4 Å². The summed E-state index contributed by atoms with van der Waals surface area (Å²) in [5.74, 6) is 0.750. The minimum atomic E-state index is -2.60. The van der Waals surface area contributed by atoms with Gasteiger partial charge in [0, 0.05) is 67.8 Å². The van der Waals surface area contributed by atoms with E-state index in [1.807, 2.05) is 11.0 Å². The Morgan fingerprint density at radius 2 is 2.07 bits per heavy atom.